The van der Waals surface area contributed by atoms with Crippen LogP contribution in [-0.2, 0) is 13.0 Å². The van der Waals surface area contributed by atoms with Crippen LogP contribution in [0.1, 0.15) is 11.4 Å². The van der Waals surface area contributed by atoms with Gasteiger partial charge in [0.2, 0.25) is 0 Å². The summed E-state index contributed by atoms with van der Waals surface area (Å²) in [6, 6.07) is 5.81. The Morgan fingerprint density at radius 3 is 3.06 bits per heavy atom. The second kappa shape index (κ2) is 6.00. The Kier molecular flexibility index (Phi) is 4.10. The average molecular weight is 233 g/mol. The van der Waals surface area contributed by atoms with Gasteiger partial charge in [-0.3, -0.25) is 4.98 Å². The van der Waals surface area contributed by atoms with Crippen molar-refractivity contribution < 1.29 is 9.15 Å². The van der Waals surface area contributed by atoms with Crippen LogP contribution in [0.25, 0.3) is 0 Å². The minimum atomic E-state index is 0.311. The Morgan fingerprint density at radius 2 is 2.29 bits per heavy atom. The molecule has 0 unspecified atom stereocenters. The van der Waals surface area contributed by atoms with Crippen LogP contribution in [0.5, 0.6) is 6.08 Å². The van der Waals surface area contributed by atoms with Crippen molar-refractivity contribution in [3.8, 4) is 6.08 Å². The molecule has 0 radical (unpaired) electrons. The maximum atomic E-state index is 5.39. The van der Waals surface area contributed by atoms with E-state index in [2.05, 4.69) is 15.3 Å². The Balaban J connectivity index is 1.78. The lowest BCUT2D eigenvalue weighted by atomic mass is 10.3. The van der Waals surface area contributed by atoms with Crippen molar-refractivity contribution in [3.63, 3.8) is 0 Å². The lowest BCUT2D eigenvalue weighted by Crippen LogP contribution is -2.06. The predicted octanol–water partition coefficient (Wildman–Crippen LogP) is 1.41. The van der Waals surface area contributed by atoms with Gasteiger partial charge in [-0.05, 0) is 19.2 Å². The second-order valence-electron chi connectivity index (χ2n) is 3.55. The van der Waals surface area contributed by atoms with Crippen LogP contribution in [-0.4, -0.2) is 23.6 Å². The molecule has 0 atom stereocenters. The van der Waals surface area contributed by atoms with Gasteiger partial charge in [0.1, 0.15) is 6.26 Å². The van der Waals surface area contributed by atoms with Crippen LogP contribution in [0.3, 0.4) is 0 Å². The van der Waals surface area contributed by atoms with E-state index in [-0.39, 0.29) is 0 Å². The fraction of sp³-hybridized carbons (Fsp3) is 0.333. The van der Waals surface area contributed by atoms with Gasteiger partial charge in [0.25, 0.3) is 0 Å². The van der Waals surface area contributed by atoms with Gasteiger partial charge in [0, 0.05) is 24.9 Å². The van der Waals surface area contributed by atoms with Gasteiger partial charge < -0.3 is 14.5 Å². The van der Waals surface area contributed by atoms with Gasteiger partial charge in [-0.2, -0.15) is 4.98 Å². The highest BCUT2D eigenvalue weighted by molar-refractivity contribution is 5.04. The van der Waals surface area contributed by atoms with Crippen molar-refractivity contribution in [2.24, 2.45) is 0 Å². The zero-order chi connectivity index (χ0) is 11.9. The van der Waals surface area contributed by atoms with Crippen molar-refractivity contribution in [1.82, 2.24) is 15.3 Å². The quantitative estimate of drug-likeness (QED) is 0.817. The molecule has 1 N–H and O–H groups in total. The number of hydrogen-bond donors (Lipinski definition) is 1. The molecular formula is C12H15N3O2. The number of ether oxygens (including phenoxy) is 1. The molecule has 0 aromatic carbocycles. The van der Waals surface area contributed by atoms with Crippen molar-refractivity contribution in [1.29, 1.82) is 0 Å². The summed E-state index contributed by atoms with van der Waals surface area (Å²) in [6.45, 7) is 1.18. The van der Waals surface area contributed by atoms with Crippen LogP contribution in [0.4, 0.5) is 0 Å². The normalized spacial score (nSPS) is 10.4. The van der Waals surface area contributed by atoms with E-state index in [1.807, 2.05) is 25.2 Å². The highest BCUT2D eigenvalue weighted by Gasteiger charge is 2.04. The van der Waals surface area contributed by atoms with Gasteiger partial charge in [-0.1, -0.05) is 6.07 Å². The molecule has 0 amide bonds. The third kappa shape index (κ3) is 3.57. The summed E-state index contributed by atoms with van der Waals surface area (Å²) in [5, 5.41) is 2.99. The zero-order valence-electron chi connectivity index (χ0n) is 9.72. The van der Waals surface area contributed by atoms with E-state index in [0.29, 0.717) is 19.2 Å². The number of nitrogens with one attached hydrogen (secondary N) is 1. The first-order chi connectivity index (χ1) is 8.38. The van der Waals surface area contributed by atoms with E-state index < -0.39 is 0 Å². The van der Waals surface area contributed by atoms with Crippen LogP contribution in [0, 0.1) is 0 Å². The fourth-order valence-corrected chi connectivity index (χ4v) is 1.41. The van der Waals surface area contributed by atoms with E-state index in [4.69, 9.17) is 9.15 Å². The van der Waals surface area contributed by atoms with E-state index in [1.54, 1.807) is 12.5 Å². The molecule has 0 spiro atoms. The molecule has 0 saturated carbocycles. The van der Waals surface area contributed by atoms with Crippen LogP contribution in [0.2, 0.25) is 0 Å². The summed E-state index contributed by atoms with van der Waals surface area (Å²) in [5.41, 5.74) is 1.83. The highest BCUT2D eigenvalue weighted by atomic mass is 16.6. The highest BCUT2D eigenvalue weighted by Crippen LogP contribution is 2.10. The number of rotatable bonds is 6. The molecule has 0 aliphatic carbocycles. The van der Waals surface area contributed by atoms with E-state index in [9.17, 15) is 0 Å². The largest absolute Gasteiger partial charge is 0.450 e. The first kappa shape index (κ1) is 11.6. The maximum Gasteiger partial charge on any atom is 0.393 e. The summed E-state index contributed by atoms with van der Waals surface area (Å²) in [7, 11) is 1.86. The van der Waals surface area contributed by atoms with Crippen LogP contribution in [0.15, 0.2) is 35.1 Å². The zero-order valence-corrected chi connectivity index (χ0v) is 9.72. The minimum absolute atomic E-state index is 0.311. The van der Waals surface area contributed by atoms with E-state index in [1.165, 1.54) is 0 Å². The van der Waals surface area contributed by atoms with Crippen molar-refractivity contribution >= 4 is 0 Å². The summed E-state index contributed by atoms with van der Waals surface area (Å²) in [5.74, 6) is 0. The molecule has 0 aliphatic heterocycles. The molecule has 0 saturated heterocycles. The first-order valence-electron chi connectivity index (χ1n) is 5.50. The Labute approximate surface area is 99.8 Å². The predicted molar refractivity (Wildman–Crippen MR) is 62.7 cm³/mol. The van der Waals surface area contributed by atoms with Gasteiger partial charge in [0.05, 0.1) is 12.3 Å². The number of hydrogen-bond acceptors (Lipinski definition) is 5. The smallest absolute Gasteiger partial charge is 0.393 e. The SMILES string of the molecule is CNCc1coc(OCCc2ccccn2)n1. The Hall–Kier alpha value is -1.88. The summed E-state index contributed by atoms with van der Waals surface area (Å²) < 4.78 is 10.6. The molecule has 0 bridgehead atoms. The fourth-order valence-electron chi connectivity index (χ4n) is 1.41. The first-order valence-corrected chi connectivity index (χ1v) is 5.50. The van der Waals surface area contributed by atoms with Crippen molar-refractivity contribution in [3.05, 3.63) is 42.0 Å². The standard InChI is InChI=1S/C12H15N3O2/c1-13-8-11-9-17-12(15-11)16-7-5-10-4-2-3-6-14-10/h2-4,6,9,13H,5,7-8H2,1H3. The minimum Gasteiger partial charge on any atom is -0.450 e. The Morgan fingerprint density at radius 1 is 1.35 bits per heavy atom. The lowest BCUT2D eigenvalue weighted by molar-refractivity contribution is 0.232. The summed E-state index contributed by atoms with van der Waals surface area (Å²) in [6.07, 6.45) is 4.41. The van der Waals surface area contributed by atoms with Gasteiger partial charge in [-0.15, -0.1) is 0 Å². The van der Waals surface area contributed by atoms with Gasteiger partial charge in [-0.25, -0.2) is 0 Å². The van der Waals surface area contributed by atoms with Crippen molar-refractivity contribution in [2.45, 2.75) is 13.0 Å². The molecule has 5 nitrogen and oxygen atoms in total. The third-order valence-electron chi connectivity index (χ3n) is 2.20. The van der Waals surface area contributed by atoms with Crippen molar-refractivity contribution in [2.75, 3.05) is 13.7 Å². The van der Waals surface area contributed by atoms with Gasteiger partial charge in [0.15, 0.2) is 0 Å². The summed E-state index contributed by atoms with van der Waals surface area (Å²) >= 11 is 0. The molecule has 5 heteroatoms. The molecule has 17 heavy (non-hydrogen) atoms. The number of aromatic nitrogens is 2. The molecule has 2 aromatic rings. The third-order valence-corrected chi connectivity index (χ3v) is 2.20. The average Bonchev–Trinajstić information content (AvgIpc) is 2.79. The van der Waals surface area contributed by atoms with E-state index >= 15 is 0 Å². The molecule has 0 fully saturated rings. The molecule has 90 valence electrons. The number of oxazole rings is 1. The lowest BCUT2D eigenvalue weighted by Gasteiger charge is -2.00. The maximum absolute atomic E-state index is 5.39. The monoisotopic (exact) mass is 233 g/mol. The van der Waals surface area contributed by atoms with Crippen LogP contribution < -0.4 is 10.1 Å². The topological polar surface area (TPSA) is 60.2 Å². The van der Waals surface area contributed by atoms with E-state index in [0.717, 1.165) is 17.8 Å². The Bertz CT molecular complexity index is 442. The number of pyridine rings is 1. The number of nitrogens with zero attached hydrogens (tertiary/aromatic N) is 2. The van der Waals surface area contributed by atoms with Crippen LogP contribution >= 0.6 is 0 Å². The molecule has 2 aromatic heterocycles. The summed E-state index contributed by atoms with van der Waals surface area (Å²) in [4.78, 5) is 8.36. The molecular weight excluding hydrogens is 218 g/mol. The second-order valence-corrected chi connectivity index (χ2v) is 3.55. The molecule has 2 rings (SSSR count). The molecule has 0 aliphatic rings. The van der Waals surface area contributed by atoms with Gasteiger partial charge >= 0.3 is 6.08 Å². The molecule has 2 heterocycles.